The summed E-state index contributed by atoms with van der Waals surface area (Å²) >= 11 is 0. The van der Waals surface area contributed by atoms with Crippen LogP contribution in [-0.2, 0) is 25.5 Å². The number of carboxylic acid groups (broad SMARTS) is 1. The first kappa shape index (κ1) is 21.4. The van der Waals surface area contributed by atoms with Crippen molar-refractivity contribution in [3.8, 4) is 0 Å². The molecule has 0 aliphatic carbocycles. The van der Waals surface area contributed by atoms with Gasteiger partial charge >= 0.3 is 11.9 Å². The maximum Gasteiger partial charge on any atom is 0.328 e. The molecule has 1 heterocycles. The highest BCUT2D eigenvalue weighted by molar-refractivity contribution is 6.02. The second-order valence-electron chi connectivity index (χ2n) is 8.26. The molecule has 0 spiro atoms. The van der Waals surface area contributed by atoms with Crippen molar-refractivity contribution in [3.05, 3.63) is 36.0 Å². The first-order valence-electron chi connectivity index (χ1n) is 8.94. The number of nitrogens with one attached hydrogen (secondary N) is 1. The molecule has 0 saturated carbocycles. The fourth-order valence-electron chi connectivity index (χ4n) is 2.77. The van der Waals surface area contributed by atoms with Crippen molar-refractivity contribution in [2.24, 2.45) is 11.3 Å². The summed E-state index contributed by atoms with van der Waals surface area (Å²) in [7, 11) is 0. The number of hydrogen-bond donors (Lipinski definition) is 3. The molecule has 2 rings (SSSR count). The van der Waals surface area contributed by atoms with Crippen LogP contribution in [0.2, 0.25) is 0 Å². The third kappa shape index (κ3) is 4.51. The summed E-state index contributed by atoms with van der Waals surface area (Å²) in [5.74, 6) is 3.04. The molecule has 1 aromatic carbocycles. The molecule has 0 radical (unpaired) electrons. The van der Waals surface area contributed by atoms with Crippen molar-refractivity contribution in [1.82, 2.24) is 9.99 Å². The molecule has 1 unspecified atom stereocenters. The van der Waals surface area contributed by atoms with Crippen molar-refractivity contribution < 1.29 is 24.2 Å². The number of ether oxygens (including phenoxy) is 1. The SMILES string of the molecule is CC(C)(C)OC(=O)C(C)(C)C(=O)N(N)C(Cc1c[nH]c2ccccc12)C(=O)O. The fraction of sp³-hybridized carbons (Fsp3) is 0.450. The van der Waals surface area contributed by atoms with Crippen LogP contribution in [0.4, 0.5) is 0 Å². The van der Waals surface area contributed by atoms with E-state index in [2.05, 4.69) is 4.98 Å². The van der Waals surface area contributed by atoms with Crippen LogP contribution >= 0.6 is 0 Å². The number of amides is 1. The molecule has 4 N–H and O–H groups in total. The smallest absolute Gasteiger partial charge is 0.328 e. The van der Waals surface area contributed by atoms with Crippen molar-refractivity contribution in [3.63, 3.8) is 0 Å². The summed E-state index contributed by atoms with van der Waals surface area (Å²) in [6, 6.07) is 6.08. The van der Waals surface area contributed by atoms with Gasteiger partial charge in [0.15, 0.2) is 0 Å². The number of aromatic nitrogens is 1. The molecule has 152 valence electrons. The number of fused-ring (bicyclic) bond motifs is 1. The number of carbonyl (C=O) groups is 3. The van der Waals surface area contributed by atoms with Crippen LogP contribution < -0.4 is 5.84 Å². The summed E-state index contributed by atoms with van der Waals surface area (Å²) in [5, 5.41) is 11.1. The first-order chi connectivity index (χ1) is 12.8. The number of para-hydroxylation sites is 1. The summed E-state index contributed by atoms with van der Waals surface area (Å²) in [4.78, 5) is 40.2. The molecule has 8 nitrogen and oxygen atoms in total. The topological polar surface area (TPSA) is 126 Å². The Bertz CT molecular complexity index is 895. The number of nitrogens with two attached hydrogens (primary N) is 1. The molecular weight excluding hydrogens is 362 g/mol. The largest absolute Gasteiger partial charge is 0.480 e. The van der Waals surface area contributed by atoms with E-state index >= 15 is 0 Å². The Morgan fingerprint density at radius 3 is 2.36 bits per heavy atom. The summed E-state index contributed by atoms with van der Waals surface area (Å²) < 4.78 is 5.28. The molecule has 0 aliphatic rings. The zero-order valence-corrected chi connectivity index (χ0v) is 16.8. The van der Waals surface area contributed by atoms with Crippen LogP contribution in [0.15, 0.2) is 30.5 Å². The Morgan fingerprint density at radius 2 is 1.79 bits per heavy atom. The Labute approximate surface area is 163 Å². The molecule has 2 aromatic rings. The minimum absolute atomic E-state index is 0.00795. The molecule has 0 fully saturated rings. The number of aromatic amines is 1. The number of aliphatic carboxylic acids is 1. The van der Waals surface area contributed by atoms with Crippen LogP contribution in [-0.4, -0.2) is 44.6 Å². The number of benzene rings is 1. The first-order valence-corrected chi connectivity index (χ1v) is 8.94. The lowest BCUT2D eigenvalue weighted by atomic mass is 9.90. The standard InChI is InChI=1S/C20H27N3O5/c1-19(2,3)28-18(27)20(4,5)17(26)23(21)15(16(24)25)10-12-11-22-14-9-7-6-8-13(12)14/h6-9,11,15,22H,10,21H2,1-5H3,(H,24,25). The van der Waals surface area contributed by atoms with Crippen molar-refractivity contribution >= 4 is 28.7 Å². The Morgan fingerprint density at radius 1 is 1.18 bits per heavy atom. The fourth-order valence-corrected chi connectivity index (χ4v) is 2.77. The zero-order chi connectivity index (χ0) is 21.3. The van der Waals surface area contributed by atoms with E-state index in [1.54, 1.807) is 27.0 Å². The Hall–Kier alpha value is -2.87. The van der Waals surface area contributed by atoms with Gasteiger partial charge in [0, 0.05) is 23.5 Å². The van der Waals surface area contributed by atoms with E-state index in [9.17, 15) is 19.5 Å². The quantitative estimate of drug-likeness (QED) is 0.229. The molecule has 1 atom stereocenters. The number of hydrogen-bond acceptors (Lipinski definition) is 5. The number of rotatable bonds is 6. The van der Waals surface area contributed by atoms with Crippen LogP contribution in [0.3, 0.4) is 0 Å². The van der Waals surface area contributed by atoms with Crippen LogP contribution in [0, 0.1) is 5.41 Å². The number of carboxylic acids is 1. The number of nitrogens with zero attached hydrogens (tertiary/aromatic N) is 1. The molecular formula is C20H27N3O5. The zero-order valence-electron chi connectivity index (χ0n) is 16.8. The predicted molar refractivity (Wildman–Crippen MR) is 104 cm³/mol. The van der Waals surface area contributed by atoms with E-state index in [1.807, 2.05) is 24.3 Å². The van der Waals surface area contributed by atoms with Gasteiger partial charge in [0.2, 0.25) is 0 Å². The highest BCUT2D eigenvalue weighted by atomic mass is 16.6. The third-order valence-corrected chi connectivity index (χ3v) is 4.39. The van der Waals surface area contributed by atoms with E-state index in [-0.39, 0.29) is 6.42 Å². The summed E-state index contributed by atoms with van der Waals surface area (Å²) in [6.45, 7) is 7.79. The normalized spacial score (nSPS) is 13.2. The average molecular weight is 389 g/mol. The third-order valence-electron chi connectivity index (χ3n) is 4.39. The Kier molecular flexibility index (Phi) is 5.84. The highest BCUT2D eigenvalue weighted by Gasteiger charge is 2.44. The number of hydrazine groups is 1. The highest BCUT2D eigenvalue weighted by Crippen LogP contribution is 2.26. The van der Waals surface area contributed by atoms with Gasteiger partial charge in [-0.25, -0.2) is 10.6 Å². The van der Waals surface area contributed by atoms with Gasteiger partial charge in [-0.1, -0.05) is 18.2 Å². The average Bonchev–Trinajstić information content (AvgIpc) is 2.99. The van der Waals surface area contributed by atoms with Gasteiger partial charge in [-0.3, -0.25) is 14.6 Å². The van der Waals surface area contributed by atoms with Crippen molar-refractivity contribution in [2.75, 3.05) is 0 Å². The van der Waals surface area contributed by atoms with Crippen LogP contribution in [0.5, 0.6) is 0 Å². The van der Waals surface area contributed by atoms with Gasteiger partial charge in [-0.15, -0.1) is 0 Å². The van der Waals surface area contributed by atoms with Crippen LogP contribution in [0.25, 0.3) is 10.9 Å². The molecule has 0 saturated heterocycles. The van der Waals surface area contributed by atoms with Gasteiger partial charge < -0.3 is 14.8 Å². The minimum atomic E-state index is -1.63. The van der Waals surface area contributed by atoms with Crippen LogP contribution in [0.1, 0.15) is 40.2 Å². The molecule has 0 aliphatic heterocycles. The predicted octanol–water partition coefficient (Wildman–Crippen LogP) is 2.23. The van der Waals surface area contributed by atoms with Crippen molar-refractivity contribution in [2.45, 2.75) is 52.7 Å². The number of esters is 1. The van der Waals surface area contributed by atoms with E-state index < -0.39 is 34.9 Å². The van der Waals surface area contributed by atoms with Gasteiger partial charge in [0.25, 0.3) is 5.91 Å². The lowest BCUT2D eigenvalue weighted by Gasteiger charge is -2.32. The molecule has 8 heteroatoms. The molecule has 1 aromatic heterocycles. The summed E-state index contributed by atoms with van der Waals surface area (Å²) in [5.41, 5.74) is -0.854. The monoisotopic (exact) mass is 389 g/mol. The van der Waals surface area contributed by atoms with Gasteiger partial charge in [0.05, 0.1) is 0 Å². The van der Waals surface area contributed by atoms with E-state index in [4.69, 9.17) is 10.6 Å². The lowest BCUT2D eigenvalue weighted by Crippen LogP contribution is -2.57. The number of carbonyl (C=O) groups excluding carboxylic acids is 2. The summed E-state index contributed by atoms with van der Waals surface area (Å²) in [6.07, 6.45) is 1.68. The van der Waals surface area contributed by atoms with Gasteiger partial charge in [-0.2, -0.15) is 0 Å². The van der Waals surface area contributed by atoms with E-state index in [1.165, 1.54) is 13.8 Å². The van der Waals surface area contributed by atoms with Crippen molar-refractivity contribution in [1.29, 1.82) is 0 Å². The Balaban J connectivity index is 2.26. The lowest BCUT2D eigenvalue weighted by molar-refractivity contribution is -0.174. The van der Waals surface area contributed by atoms with Gasteiger partial charge in [-0.05, 0) is 46.2 Å². The van der Waals surface area contributed by atoms with Gasteiger partial charge in [0.1, 0.15) is 17.1 Å². The minimum Gasteiger partial charge on any atom is -0.480 e. The molecule has 1 amide bonds. The molecule has 0 bridgehead atoms. The maximum atomic E-state index is 12.9. The van der Waals surface area contributed by atoms with E-state index in [0.29, 0.717) is 10.6 Å². The number of H-pyrrole nitrogens is 1. The molecule has 28 heavy (non-hydrogen) atoms. The maximum absolute atomic E-state index is 12.9. The second kappa shape index (κ2) is 7.63. The second-order valence-corrected chi connectivity index (χ2v) is 8.26. The van der Waals surface area contributed by atoms with E-state index in [0.717, 1.165) is 10.9 Å².